The average Bonchev–Trinajstić information content (AvgIpc) is 2.56. The molecule has 1 aromatic heterocycles. The van der Waals surface area contributed by atoms with Crippen LogP contribution in [0, 0.1) is 5.92 Å². The standard InChI is InChI=1S/C10H18N4O/c1-4-7-8(11)9(14-13-7)10(15)12-5-6(2)3/h6H,4-5,11H2,1-3H3,(H,12,15)(H,13,14). The minimum absolute atomic E-state index is 0.211. The van der Waals surface area contributed by atoms with Crippen molar-refractivity contribution >= 4 is 11.6 Å². The Labute approximate surface area is 89.4 Å². The number of hydrogen-bond donors (Lipinski definition) is 3. The van der Waals surface area contributed by atoms with Crippen LogP contribution in [0.25, 0.3) is 0 Å². The minimum Gasteiger partial charge on any atom is -0.395 e. The number of aromatic amines is 1. The molecule has 0 aliphatic rings. The zero-order valence-electron chi connectivity index (χ0n) is 9.42. The molecule has 0 aliphatic carbocycles. The summed E-state index contributed by atoms with van der Waals surface area (Å²) in [5.74, 6) is 0.205. The molecule has 1 aromatic rings. The van der Waals surface area contributed by atoms with Crippen molar-refractivity contribution in [2.45, 2.75) is 27.2 Å². The molecule has 0 aliphatic heterocycles. The molecule has 15 heavy (non-hydrogen) atoms. The zero-order valence-corrected chi connectivity index (χ0v) is 9.42. The maximum Gasteiger partial charge on any atom is 0.273 e. The number of carbonyl (C=O) groups excluding carboxylic acids is 1. The Kier molecular flexibility index (Phi) is 3.71. The number of aryl methyl sites for hydroxylation is 1. The highest BCUT2D eigenvalue weighted by Crippen LogP contribution is 2.13. The number of nitrogen functional groups attached to an aromatic ring is 1. The van der Waals surface area contributed by atoms with Gasteiger partial charge in [0.05, 0.1) is 11.4 Å². The highest BCUT2D eigenvalue weighted by atomic mass is 16.1. The molecule has 0 spiro atoms. The fourth-order valence-electron chi connectivity index (χ4n) is 1.21. The lowest BCUT2D eigenvalue weighted by Gasteiger charge is -2.05. The van der Waals surface area contributed by atoms with Crippen LogP contribution in [-0.2, 0) is 6.42 Å². The first-order valence-corrected chi connectivity index (χ1v) is 5.17. The summed E-state index contributed by atoms with van der Waals surface area (Å²) < 4.78 is 0. The van der Waals surface area contributed by atoms with Crippen LogP contribution in [0.1, 0.15) is 37.0 Å². The summed E-state index contributed by atoms with van der Waals surface area (Å²) >= 11 is 0. The summed E-state index contributed by atoms with van der Waals surface area (Å²) in [5.41, 5.74) is 7.33. The summed E-state index contributed by atoms with van der Waals surface area (Å²) in [6, 6.07) is 0. The van der Waals surface area contributed by atoms with Gasteiger partial charge in [0.1, 0.15) is 0 Å². The molecular formula is C10H18N4O. The summed E-state index contributed by atoms with van der Waals surface area (Å²) in [6.07, 6.45) is 0.746. The van der Waals surface area contributed by atoms with Crippen molar-refractivity contribution in [1.29, 1.82) is 0 Å². The van der Waals surface area contributed by atoms with Crippen molar-refractivity contribution in [3.8, 4) is 0 Å². The molecule has 0 radical (unpaired) electrons. The van der Waals surface area contributed by atoms with Crippen molar-refractivity contribution in [1.82, 2.24) is 15.5 Å². The van der Waals surface area contributed by atoms with Crippen molar-refractivity contribution in [3.63, 3.8) is 0 Å². The molecule has 84 valence electrons. The van der Waals surface area contributed by atoms with Crippen molar-refractivity contribution in [2.24, 2.45) is 5.92 Å². The lowest BCUT2D eigenvalue weighted by Crippen LogP contribution is -2.28. The minimum atomic E-state index is -0.211. The van der Waals surface area contributed by atoms with E-state index in [0.717, 1.165) is 12.1 Å². The van der Waals surface area contributed by atoms with Crippen molar-refractivity contribution in [3.05, 3.63) is 11.4 Å². The van der Waals surface area contributed by atoms with E-state index in [9.17, 15) is 4.79 Å². The molecule has 1 heterocycles. The molecule has 0 saturated heterocycles. The third-order valence-electron chi connectivity index (χ3n) is 2.12. The molecule has 0 saturated carbocycles. The fourth-order valence-corrected chi connectivity index (χ4v) is 1.21. The first-order valence-electron chi connectivity index (χ1n) is 5.17. The van der Waals surface area contributed by atoms with Crippen molar-refractivity contribution in [2.75, 3.05) is 12.3 Å². The van der Waals surface area contributed by atoms with Crippen molar-refractivity contribution < 1.29 is 4.79 Å². The Balaban J connectivity index is 2.69. The lowest BCUT2D eigenvalue weighted by molar-refractivity contribution is 0.0945. The maximum absolute atomic E-state index is 11.6. The van der Waals surface area contributed by atoms with Gasteiger partial charge in [-0.25, -0.2) is 0 Å². The number of hydrogen-bond acceptors (Lipinski definition) is 3. The van der Waals surface area contributed by atoms with Gasteiger partial charge in [0.25, 0.3) is 5.91 Å². The Morgan fingerprint density at radius 2 is 2.27 bits per heavy atom. The van der Waals surface area contributed by atoms with Gasteiger partial charge in [-0.15, -0.1) is 0 Å². The Morgan fingerprint density at radius 3 is 2.73 bits per heavy atom. The molecule has 4 N–H and O–H groups in total. The van der Waals surface area contributed by atoms with E-state index in [1.165, 1.54) is 0 Å². The second kappa shape index (κ2) is 4.82. The second-order valence-corrected chi connectivity index (χ2v) is 3.92. The highest BCUT2D eigenvalue weighted by molar-refractivity contribution is 5.97. The molecular weight excluding hydrogens is 192 g/mol. The van der Waals surface area contributed by atoms with Crippen LogP contribution in [0.5, 0.6) is 0 Å². The number of nitrogens with two attached hydrogens (primary N) is 1. The predicted octanol–water partition coefficient (Wildman–Crippen LogP) is 0.940. The van der Waals surface area contributed by atoms with Gasteiger partial charge in [-0.2, -0.15) is 5.10 Å². The third-order valence-corrected chi connectivity index (χ3v) is 2.12. The molecule has 0 unspecified atom stereocenters. The Hall–Kier alpha value is -1.52. The third kappa shape index (κ3) is 2.71. The van der Waals surface area contributed by atoms with E-state index in [0.29, 0.717) is 23.8 Å². The zero-order chi connectivity index (χ0) is 11.4. The molecule has 5 nitrogen and oxygen atoms in total. The van der Waals surface area contributed by atoms with Crippen LogP contribution >= 0.6 is 0 Å². The number of aromatic nitrogens is 2. The van der Waals surface area contributed by atoms with E-state index in [2.05, 4.69) is 15.5 Å². The number of anilines is 1. The summed E-state index contributed by atoms with van der Waals surface area (Å²) in [6.45, 7) is 6.66. The first-order chi connectivity index (χ1) is 7.06. The van der Waals surface area contributed by atoms with E-state index in [-0.39, 0.29) is 5.91 Å². The molecule has 0 aromatic carbocycles. The quantitative estimate of drug-likeness (QED) is 0.691. The fraction of sp³-hybridized carbons (Fsp3) is 0.600. The Bertz CT molecular complexity index is 343. The number of amides is 1. The molecule has 0 fully saturated rings. The summed E-state index contributed by atoms with van der Waals surface area (Å²) in [7, 11) is 0. The van der Waals surface area contributed by atoms with Gasteiger partial charge in [-0.05, 0) is 12.3 Å². The molecule has 0 atom stereocenters. The number of H-pyrrole nitrogens is 1. The van der Waals surface area contributed by atoms with Crippen LogP contribution in [0.2, 0.25) is 0 Å². The smallest absolute Gasteiger partial charge is 0.273 e. The number of nitrogens with one attached hydrogen (secondary N) is 2. The molecule has 0 bridgehead atoms. The highest BCUT2D eigenvalue weighted by Gasteiger charge is 2.15. The number of nitrogens with zero attached hydrogens (tertiary/aromatic N) is 1. The topological polar surface area (TPSA) is 83.8 Å². The monoisotopic (exact) mass is 210 g/mol. The van der Waals surface area contributed by atoms with E-state index in [1.807, 2.05) is 20.8 Å². The lowest BCUT2D eigenvalue weighted by atomic mass is 10.2. The first kappa shape index (κ1) is 11.6. The molecule has 1 rings (SSSR count). The van der Waals surface area contributed by atoms with Crippen LogP contribution in [-0.4, -0.2) is 22.6 Å². The van der Waals surface area contributed by atoms with Gasteiger partial charge in [0.2, 0.25) is 0 Å². The van der Waals surface area contributed by atoms with Crippen LogP contribution in [0.15, 0.2) is 0 Å². The largest absolute Gasteiger partial charge is 0.395 e. The number of rotatable bonds is 4. The Morgan fingerprint density at radius 1 is 1.60 bits per heavy atom. The predicted molar refractivity (Wildman–Crippen MR) is 59.5 cm³/mol. The van der Waals surface area contributed by atoms with Crippen LogP contribution in [0.4, 0.5) is 5.69 Å². The average molecular weight is 210 g/mol. The van der Waals surface area contributed by atoms with Crippen LogP contribution < -0.4 is 11.1 Å². The SMILES string of the molecule is CCc1[nH]nc(C(=O)NCC(C)C)c1N. The van der Waals surface area contributed by atoms with Gasteiger partial charge in [0, 0.05) is 6.54 Å². The van der Waals surface area contributed by atoms with Gasteiger partial charge >= 0.3 is 0 Å². The van der Waals surface area contributed by atoms with Gasteiger partial charge in [-0.1, -0.05) is 20.8 Å². The second-order valence-electron chi connectivity index (χ2n) is 3.92. The van der Waals surface area contributed by atoms with E-state index < -0.39 is 0 Å². The van der Waals surface area contributed by atoms with Crippen LogP contribution in [0.3, 0.4) is 0 Å². The van der Waals surface area contributed by atoms with Gasteiger partial charge < -0.3 is 11.1 Å². The number of carbonyl (C=O) groups is 1. The maximum atomic E-state index is 11.6. The molecule has 1 amide bonds. The summed E-state index contributed by atoms with van der Waals surface area (Å²) in [4.78, 5) is 11.6. The van der Waals surface area contributed by atoms with Gasteiger partial charge in [-0.3, -0.25) is 9.89 Å². The van der Waals surface area contributed by atoms with E-state index in [1.54, 1.807) is 0 Å². The normalized spacial score (nSPS) is 10.7. The van der Waals surface area contributed by atoms with Gasteiger partial charge in [0.15, 0.2) is 5.69 Å². The molecule has 5 heteroatoms. The van der Waals surface area contributed by atoms with E-state index >= 15 is 0 Å². The summed E-state index contributed by atoms with van der Waals surface area (Å²) in [5, 5.41) is 9.43. The van der Waals surface area contributed by atoms with E-state index in [4.69, 9.17) is 5.73 Å².